The quantitative estimate of drug-likeness (QED) is 0.509. The predicted molar refractivity (Wildman–Crippen MR) is 125 cm³/mol. The zero-order chi connectivity index (χ0) is 21.3. The van der Waals surface area contributed by atoms with Crippen molar-refractivity contribution < 1.29 is 4.79 Å². The summed E-state index contributed by atoms with van der Waals surface area (Å²) in [4.78, 5) is 18.7. The molecule has 0 unspecified atom stereocenters. The Morgan fingerprint density at radius 2 is 1.97 bits per heavy atom. The third-order valence-electron chi connectivity index (χ3n) is 4.68. The molecule has 1 heterocycles. The van der Waals surface area contributed by atoms with Gasteiger partial charge in [-0.2, -0.15) is 0 Å². The Morgan fingerprint density at radius 3 is 2.73 bits per heavy atom. The van der Waals surface area contributed by atoms with Crippen LogP contribution in [-0.4, -0.2) is 49.0 Å². The highest BCUT2D eigenvalue weighted by Crippen LogP contribution is 2.25. The maximum Gasteiger partial charge on any atom is 0.243 e. The van der Waals surface area contributed by atoms with Gasteiger partial charge in [-0.25, -0.2) is 0 Å². The summed E-state index contributed by atoms with van der Waals surface area (Å²) in [5, 5.41) is 8.12. The van der Waals surface area contributed by atoms with E-state index in [0.29, 0.717) is 11.6 Å². The first-order valence-electron chi connectivity index (χ1n) is 9.97. The maximum atomic E-state index is 12.2. The number of fused-ring (bicyclic) bond motifs is 1. The van der Waals surface area contributed by atoms with Crippen LogP contribution in [0.25, 0.3) is 10.9 Å². The summed E-state index contributed by atoms with van der Waals surface area (Å²) in [6.07, 6.45) is 6.04. The van der Waals surface area contributed by atoms with E-state index in [1.807, 2.05) is 67.5 Å². The smallest absolute Gasteiger partial charge is 0.243 e. The molecule has 5 nitrogen and oxygen atoms in total. The highest BCUT2D eigenvalue weighted by Gasteiger charge is 2.10. The van der Waals surface area contributed by atoms with Crippen LogP contribution in [0.3, 0.4) is 0 Å². The number of nitrogens with zero attached hydrogens (tertiary/aromatic N) is 2. The normalized spacial score (nSPS) is 12.4. The van der Waals surface area contributed by atoms with Gasteiger partial charge < -0.3 is 15.5 Å². The number of carbonyl (C=O) groups is 1. The molecule has 1 amide bonds. The Bertz CT molecular complexity index is 1000. The lowest BCUT2D eigenvalue weighted by Gasteiger charge is -2.18. The van der Waals surface area contributed by atoms with Crippen molar-refractivity contribution in [3.63, 3.8) is 0 Å². The van der Waals surface area contributed by atoms with Crippen molar-refractivity contribution in [1.82, 2.24) is 15.2 Å². The van der Waals surface area contributed by atoms with Crippen molar-refractivity contribution in [3.05, 3.63) is 83.5 Å². The van der Waals surface area contributed by atoms with E-state index >= 15 is 0 Å². The molecule has 0 saturated heterocycles. The van der Waals surface area contributed by atoms with Crippen LogP contribution in [-0.2, 0) is 11.2 Å². The van der Waals surface area contributed by atoms with Gasteiger partial charge in [0.25, 0.3) is 0 Å². The van der Waals surface area contributed by atoms with Crippen molar-refractivity contribution in [2.24, 2.45) is 0 Å². The molecule has 0 aliphatic heterocycles. The second-order valence-corrected chi connectivity index (χ2v) is 7.85. The molecule has 0 radical (unpaired) electrons. The minimum absolute atomic E-state index is 0.0618. The van der Waals surface area contributed by atoms with E-state index in [1.54, 1.807) is 12.3 Å². The van der Waals surface area contributed by atoms with E-state index < -0.39 is 0 Å². The van der Waals surface area contributed by atoms with E-state index in [1.165, 1.54) is 5.56 Å². The van der Waals surface area contributed by atoms with Crippen molar-refractivity contribution in [1.29, 1.82) is 0 Å². The van der Waals surface area contributed by atoms with Crippen molar-refractivity contribution in [2.45, 2.75) is 12.5 Å². The largest absolute Gasteiger partial charge is 0.378 e. The zero-order valence-electron chi connectivity index (χ0n) is 17.3. The fraction of sp³-hybridized carbons (Fsp3) is 0.250. The number of hydrogen-bond donors (Lipinski definition) is 2. The van der Waals surface area contributed by atoms with E-state index in [-0.39, 0.29) is 11.9 Å². The molecule has 0 spiro atoms. The van der Waals surface area contributed by atoms with Gasteiger partial charge in [-0.1, -0.05) is 48.0 Å². The fourth-order valence-corrected chi connectivity index (χ4v) is 3.31. The van der Waals surface area contributed by atoms with Gasteiger partial charge in [-0.3, -0.25) is 9.78 Å². The predicted octanol–water partition coefficient (Wildman–Crippen LogP) is 4.15. The number of amides is 1. The number of anilines is 1. The van der Waals surface area contributed by atoms with E-state index in [0.717, 1.165) is 29.6 Å². The first-order valence-corrected chi connectivity index (χ1v) is 10.3. The van der Waals surface area contributed by atoms with Crippen molar-refractivity contribution in [3.8, 4) is 0 Å². The summed E-state index contributed by atoms with van der Waals surface area (Å²) in [7, 11) is 3.96. The van der Waals surface area contributed by atoms with Gasteiger partial charge in [0.05, 0.1) is 5.52 Å². The summed E-state index contributed by atoms with van der Waals surface area (Å²) in [6.45, 7) is 1.42. The second-order valence-electron chi connectivity index (χ2n) is 7.41. The molecule has 1 aromatic heterocycles. The minimum Gasteiger partial charge on any atom is -0.378 e. The molecule has 30 heavy (non-hydrogen) atoms. The minimum atomic E-state index is -0.0944. The average Bonchev–Trinajstić information content (AvgIpc) is 2.72. The first-order chi connectivity index (χ1) is 14.5. The number of carbonyl (C=O) groups excluding carboxylic acids is 1. The summed E-state index contributed by atoms with van der Waals surface area (Å²) >= 11 is 6.11. The number of pyridine rings is 1. The first kappa shape index (κ1) is 21.8. The zero-order valence-corrected chi connectivity index (χ0v) is 18.1. The SMILES string of the molecule is CN(C)CCNC(=O)/C=C/[C@H](Cc1ccccc1)Nc1ccnc2cc(Cl)ccc12. The number of likely N-dealkylation sites (N-methyl/N-ethyl adjacent to an activating group) is 1. The number of halogens is 1. The van der Waals surface area contributed by atoms with Crippen LogP contribution in [0.4, 0.5) is 5.69 Å². The average molecular weight is 423 g/mol. The lowest BCUT2D eigenvalue weighted by molar-refractivity contribution is -0.116. The van der Waals surface area contributed by atoms with Crippen LogP contribution in [0.1, 0.15) is 5.56 Å². The Balaban J connectivity index is 1.78. The molecule has 6 heteroatoms. The van der Waals surface area contributed by atoms with Gasteiger partial charge in [0, 0.05) is 47.5 Å². The lowest BCUT2D eigenvalue weighted by Crippen LogP contribution is -2.30. The number of nitrogens with one attached hydrogen (secondary N) is 2. The molecule has 0 aliphatic rings. The third kappa shape index (κ3) is 6.58. The number of hydrogen-bond acceptors (Lipinski definition) is 4. The molecular weight excluding hydrogens is 396 g/mol. The standard InChI is InChI=1S/C24H27ClN4O/c1-29(2)15-14-27-24(30)11-9-20(16-18-6-4-3-5-7-18)28-22-12-13-26-23-17-19(25)8-10-21(22)23/h3-13,17,20H,14-16H2,1-2H3,(H,26,28)(H,27,30)/b11-9+/t20-/m1/s1. The number of benzene rings is 2. The molecule has 0 fully saturated rings. The summed E-state index contributed by atoms with van der Waals surface area (Å²) in [5.41, 5.74) is 2.97. The van der Waals surface area contributed by atoms with E-state index in [9.17, 15) is 4.79 Å². The number of rotatable bonds is 9. The molecule has 0 saturated carbocycles. The molecule has 156 valence electrons. The highest BCUT2D eigenvalue weighted by atomic mass is 35.5. The van der Waals surface area contributed by atoms with Crippen LogP contribution >= 0.6 is 11.6 Å². The summed E-state index contributed by atoms with van der Waals surface area (Å²) in [6, 6.07) is 17.8. The fourth-order valence-electron chi connectivity index (χ4n) is 3.15. The van der Waals surface area contributed by atoms with Crippen LogP contribution < -0.4 is 10.6 Å². The molecule has 1 atom stereocenters. The van der Waals surface area contributed by atoms with Crippen molar-refractivity contribution in [2.75, 3.05) is 32.5 Å². The van der Waals surface area contributed by atoms with E-state index in [2.05, 4.69) is 27.8 Å². The maximum absolute atomic E-state index is 12.2. The highest BCUT2D eigenvalue weighted by molar-refractivity contribution is 6.31. The van der Waals surface area contributed by atoms with Gasteiger partial charge in [0.15, 0.2) is 0 Å². The van der Waals surface area contributed by atoms with E-state index in [4.69, 9.17) is 11.6 Å². The van der Waals surface area contributed by atoms with Crippen LogP contribution in [0.15, 0.2) is 72.9 Å². The Hall–Kier alpha value is -2.89. The monoisotopic (exact) mass is 422 g/mol. The van der Waals surface area contributed by atoms with Crippen LogP contribution in [0.5, 0.6) is 0 Å². The van der Waals surface area contributed by atoms with Crippen LogP contribution in [0, 0.1) is 0 Å². The van der Waals surface area contributed by atoms with Gasteiger partial charge in [0.2, 0.25) is 5.91 Å². The van der Waals surface area contributed by atoms with Crippen LogP contribution in [0.2, 0.25) is 5.02 Å². The summed E-state index contributed by atoms with van der Waals surface area (Å²) in [5.74, 6) is -0.0944. The molecule has 0 aliphatic carbocycles. The third-order valence-corrected chi connectivity index (χ3v) is 4.92. The Labute approximate surface area is 182 Å². The van der Waals surface area contributed by atoms with Gasteiger partial charge in [-0.05, 0) is 50.3 Å². The summed E-state index contributed by atoms with van der Waals surface area (Å²) < 4.78 is 0. The topological polar surface area (TPSA) is 57.3 Å². The molecule has 3 aromatic rings. The molecular formula is C24H27ClN4O. The molecule has 2 N–H and O–H groups in total. The molecule has 0 bridgehead atoms. The lowest BCUT2D eigenvalue weighted by atomic mass is 10.0. The number of aromatic nitrogens is 1. The second kappa shape index (κ2) is 10.8. The Kier molecular flexibility index (Phi) is 7.82. The molecule has 2 aromatic carbocycles. The van der Waals surface area contributed by atoms with Gasteiger partial charge in [-0.15, -0.1) is 0 Å². The van der Waals surface area contributed by atoms with Crippen molar-refractivity contribution >= 4 is 34.1 Å². The Morgan fingerprint density at radius 1 is 1.17 bits per heavy atom. The van der Waals surface area contributed by atoms with Gasteiger partial charge >= 0.3 is 0 Å². The molecule has 3 rings (SSSR count). The van der Waals surface area contributed by atoms with Gasteiger partial charge in [0.1, 0.15) is 0 Å².